The first-order valence-electron chi connectivity index (χ1n) is 6.95. The molecule has 1 atom stereocenters. The molecular weight excluding hydrogens is 270 g/mol. The Morgan fingerprint density at radius 1 is 1.38 bits per heavy atom. The van der Waals surface area contributed by atoms with Crippen molar-refractivity contribution in [3.05, 3.63) is 29.8 Å². The quantitative estimate of drug-likeness (QED) is 0.859. The standard InChI is InChI=1S/C16H21NO4/c1-16(2,3)13-10-21-15(19)17(13)14(18)9-11-7-5-6-8-12(11)20-4/h5-8,13H,9-10H2,1-4H3/t13-/m0/s1. The maximum atomic E-state index is 12.5. The number of cyclic esters (lactones) is 1. The Bertz CT molecular complexity index is 547. The Morgan fingerprint density at radius 3 is 2.67 bits per heavy atom. The number of carbonyl (C=O) groups excluding carboxylic acids is 2. The van der Waals surface area contributed by atoms with Crippen LogP contribution in [-0.4, -0.2) is 36.7 Å². The highest BCUT2D eigenvalue weighted by Crippen LogP contribution is 2.30. The van der Waals surface area contributed by atoms with E-state index in [0.29, 0.717) is 5.75 Å². The molecule has 0 spiro atoms. The third-order valence-corrected chi connectivity index (χ3v) is 3.68. The molecule has 1 fully saturated rings. The summed E-state index contributed by atoms with van der Waals surface area (Å²) in [6, 6.07) is 7.06. The number of ether oxygens (including phenoxy) is 2. The third-order valence-electron chi connectivity index (χ3n) is 3.68. The summed E-state index contributed by atoms with van der Waals surface area (Å²) < 4.78 is 10.3. The molecule has 1 saturated heterocycles. The molecule has 0 N–H and O–H groups in total. The zero-order chi connectivity index (χ0) is 15.6. The van der Waals surface area contributed by atoms with Crippen molar-refractivity contribution in [2.45, 2.75) is 33.2 Å². The molecule has 2 rings (SSSR count). The first kappa shape index (κ1) is 15.4. The lowest BCUT2D eigenvalue weighted by molar-refractivity contribution is -0.129. The average Bonchev–Trinajstić information content (AvgIpc) is 2.81. The first-order chi connectivity index (χ1) is 9.84. The van der Waals surface area contributed by atoms with Gasteiger partial charge < -0.3 is 9.47 Å². The molecule has 0 aromatic heterocycles. The number of benzene rings is 1. The highest BCUT2D eigenvalue weighted by atomic mass is 16.6. The van der Waals surface area contributed by atoms with Crippen LogP contribution in [-0.2, 0) is 16.0 Å². The van der Waals surface area contributed by atoms with E-state index in [1.54, 1.807) is 13.2 Å². The molecule has 0 aliphatic carbocycles. The van der Waals surface area contributed by atoms with Crippen LogP contribution in [0.15, 0.2) is 24.3 Å². The smallest absolute Gasteiger partial charge is 0.417 e. The second kappa shape index (κ2) is 5.76. The van der Waals surface area contributed by atoms with Crippen LogP contribution in [0.1, 0.15) is 26.3 Å². The highest BCUT2D eigenvalue weighted by Gasteiger charge is 2.44. The molecule has 0 unspecified atom stereocenters. The number of amides is 2. The summed E-state index contributed by atoms with van der Waals surface area (Å²) in [7, 11) is 1.56. The molecule has 5 nitrogen and oxygen atoms in total. The summed E-state index contributed by atoms with van der Waals surface area (Å²) in [6.07, 6.45) is -0.444. The number of rotatable bonds is 3. The van der Waals surface area contributed by atoms with Crippen molar-refractivity contribution in [2.75, 3.05) is 13.7 Å². The number of para-hydroxylation sites is 1. The lowest BCUT2D eigenvalue weighted by atomic mass is 9.86. The van der Waals surface area contributed by atoms with Gasteiger partial charge in [-0.05, 0) is 11.5 Å². The molecule has 0 saturated carbocycles. The number of methoxy groups -OCH3 is 1. The summed E-state index contributed by atoms with van der Waals surface area (Å²) in [5.74, 6) is 0.382. The molecule has 0 bridgehead atoms. The van der Waals surface area contributed by atoms with Crippen LogP contribution in [0.2, 0.25) is 0 Å². The molecule has 2 amide bonds. The van der Waals surface area contributed by atoms with Crippen molar-refractivity contribution in [1.82, 2.24) is 4.90 Å². The minimum absolute atomic E-state index is 0.117. The topological polar surface area (TPSA) is 55.8 Å². The fourth-order valence-electron chi connectivity index (χ4n) is 2.43. The van der Waals surface area contributed by atoms with E-state index in [9.17, 15) is 9.59 Å². The van der Waals surface area contributed by atoms with Crippen molar-refractivity contribution in [3.8, 4) is 5.75 Å². The van der Waals surface area contributed by atoms with Gasteiger partial charge in [-0.3, -0.25) is 4.79 Å². The zero-order valence-electron chi connectivity index (χ0n) is 12.9. The van der Waals surface area contributed by atoms with Gasteiger partial charge in [0.1, 0.15) is 12.4 Å². The molecule has 5 heteroatoms. The molecule has 1 aliphatic heterocycles. The Labute approximate surface area is 124 Å². The van der Waals surface area contributed by atoms with Gasteiger partial charge in [-0.25, -0.2) is 9.69 Å². The average molecular weight is 291 g/mol. The second-order valence-corrected chi connectivity index (χ2v) is 6.21. The maximum absolute atomic E-state index is 12.5. The van der Waals surface area contributed by atoms with Gasteiger partial charge in [0.25, 0.3) is 0 Å². The first-order valence-corrected chi connectivity index (χ1v) is 6.95. The third kappa shape index (κ3) is 3.17. The molecule has 0 radical (unpaired) electrons. The van der Waals surface area contributed by atoms with Gasteiger partial charge in [0.2, 0.25) is 5.91 Å². The van der Waals surface area contributed by atoms with E-state index >= 15 is 0 Å². The van der Waals surface area contributed by atoms with Crippen LogP contribution in [0.3, 0.4) is 0 Å². The van der Waals surface area contributed by atoms with Gasteiger partial charge in [-0.1, -0.05) is 39.0 Å². The van der Waals surface area contributed by atoms with Gasteiger partial charge in [0.05, 0.1) is 19.6 Å². The van der Waals surface area contributed by atoms with Crippen molar-refractivity contribution < 1.29 is 19.1 Å². The zero-order valence-corrected chi connectivity index (χ0v) is 12.9. The van der Waals surface area contributed by atoms with Crippen molar-refractivity contribution >= 4 is 12.0 Å². The predicted molar refractivity (Wildman–Crippen MR) is 78.1 cm³/mol. The molecule has 1 aromatic rings. The van der Waals surface area contributed by atoms with Gasteiger partial charge in [-0.15, -0.1) is 0 Å². The van der Waals surface area contributed by atoms with Crippen LogP contribution in [0.4, 0.5) is 4.79 Å². The van der Waals surface area contributed by atoms with E-state index in [4.69, 9.17) is 9.47 Å². The highest BCUT2D eigenvalue weighted by molar-refractivity contribution is 5.95. The van der Waals surface area contributed by atoms with Gasteiger partial charge >= 0.3 is 6.09 Å². The lowest BCUT2D eigenvalue weighted by Gasteiger charge is -2.31. The van der Waals surface area contributed by atoms with Gasteiger partial charge in [0.15, 0.2) is 0 Å². The van der Waals surface area contributed by atoms with Crippen LogP contribution in [0.5, 0.6) is 5.75 Å². The SMILES string of the molecule is COc1ccccc1CC(=O)N1C(=O)OC[C@H]1C(C)(C)C. The lowest BCUT2D eigenvalue weighted by Crippen LogP contribution is -2.46. The minimum atomic E-state index is -0.560. The van der Waals surface area contributed by atoms with E-state index in [2.05, 4.69) is 0 Å². The molecular formula is C16H21NO4. The number of hydrogen-bond donors (Lipinski definition) is 0. The van der Waals surface area contributed by atoms with Crippen LogP contribution >= 0.6 is 0 Å². The van der Waals surface area contributed by atoms with Crippen molar-refractivity contribution in [1.29, 1.82) is 0 Å². The summed E-state index contributed by atoms with van der Waals surface area (Å²) in [5.41, 5.74) is 0.542. The Kier molecular flexibility index (Phi) is 4.21. The number of imide groups is 1. The van der Waals surface area contributed by atoms with Crippen LogP contribution in [0, 0.1) is 5.41 Å². The summed E-state index contributed by atoms with van der Waals surface area (Å²) in [5, 5.41) is 0. The fourth-order valence-corrected chi connectivity index (χ4v) is 2.43. The predicted octanol–water partition coefficient (Wildman–Crippen LogP) is 2.63. The summed E-state index contributed by atoms with van der Waals surface area (Å²) >= 11 is 0. The molecule has 1 heterocycles. The molecule has 114 valence electrons. The minimum Gasteiger partial charge on any atom is -0.496 e. The maximum Gasteiger partial charge on any atom is 0.417 e. The van der Waals surface area contributed by atoms with Gasteiger partial charge in [0, 0.05) is 5.56 Å². The van der Waals surface area contributed by atoms with E-state index in [-0.39, 0.29) is 30.4 Å². The Balaban J connectivity index is 2.20. The second-order valence-electron chi connectivity index (χ2n) is 6.21. The van der Waals surface area contributed by atoms with E-state index in [1.807, 2.05) is 39.0 Å². The monoisotopic (exact) mass is 291 g/mol. The van der Waals surface area contributed by atoms with Crippen LogP contribution < -0.4 is 4.74 Å². The van der Waals surface area contributed by atoms with Gasteiger partial charge in [-0.2, -0.15) is 0 Å². The molecule has 1 aromatic carbocycles. The number of hydrogen-bond acceptors (Lipinski definition) is 4. The molecule has 21 heavy (non-hydrogen) atoms. The number of carbonyl (C=O) groups is 2. The summed E-state index contributed by atoms with van der Waals surface area (Å²) in [6.45, 7) is 6.22. The van der Waals surface area contributed by atoms with E-state index in [1.165, 1.54) is 4.90 Å². The van der Waals surface area contributed by atoms with Crippen molar-refractivity contribution in [3.63, 3.8) is 0 Å². The van der Waals surface area contributed by atoms with Crippen LogP contribution in [0.25, 0.3) is 0 Å². The van der Waals surface area contributed by atoms with Crippen molar-refractivity contribution in [2.24, 2.45) is 5.41 Å². The largest absolute Gasteiger partial charge is 0.496 e. The normalized spacial score (nSPS) is 18.6. The number of nitrogens with zero attached hydrogens (tertiary/aromatic N) is 1. The molecule has 1 aliphatic rings. The fraction of sp³-hybridized carbons (Fsp3) is 0.500. The van der Waals surface area contributed by atoms with E-state index < -0.39 is 6.09 Å². The van der Waals surface area contributed by atoms with E-state index in [0.717, 1.165) is 5.56 Å². The summed E-state index contributed by atoms with van der Waals surface area (Å²) in [4.78, 5) is 25.6. The Morgan fingerprint density at radius 2 is 2.05 bits per heavy atom. The Hall–Kier alpha value is -2.04.